The maximum atomic E-state index is 9.46. The summed E-state index contributed by atoms with van der Waals surface area (Å²) in [6, 6.07) is 19.3. The molecule has 10 aromatic carbocycles. The molecule has 1 aromatic heterocycles. The van der Waals surface area contributed by atoms with Crippen LogP contribution in [-0.4, -0.2) is 0 Å². The van der Waals surface area contributed by atoms with Crippen molar-refractivity contribution in [3.63, 3.8) is 0 Å². The summed E-state index contributed by atoms with van der Waals surface area (Å²) in [5, 5.41) is 3.71. The molecule has 1 heteroatoms. The molecular formula is C50H30O. The molecule has 0 radical (unpaired) electrons. The molecule has 0 amide bonds. The fourth-order valence-electron chi connectivity index (χ4n) is 7.43. The van der Waals surface area contributed by atoms with Crippen LogP contribution in [0.3, 0.4) is 0 Å². The Bertz CT molecular complexity index is 3980. The molecule has 0 aliphatic carbocycles. The molecule has 0 aliphatic rings. The zero-order valence-electron chi connectivity index (χ0n) is 41.6. The third-order valence-corrected chi connectivity index (χ3v) is 9.70. The van der Waals surface area contributed by atoms with E-state index in [0.717, 1.165) is 49.2 Å². The van der Waals surface area contributed by atoms with E-state index in [0.29, 0.717) is 10.9 Å². The van der Waals surface area contributed by atoms with Crippen molar-refractivity contribution in [2.75, 3.05) is 0 Å². The Morgan fingerprint density at radius 1 is 0.392 bits per heavy atom. The van der Waals surface area contributed by atoms with Gasteiger partial charge in [0.1, 0.15) is 11.2 Å². The third-order valence-electron chi connectivity index (χ3n) is 9.70. The summed E-state index contributed by atoms with van der Waals surface area (Å²) in [5.74, 6) is 0. The van der Waals surface area contributed by atoms with E-state index in [2.05, 4.69) is 12.1 Å². The fourth-order valence-corrected chi connectivity index (χ4v) is 7.43. The van der Waals surface area contributed by atoms with E-state index in [1.807, 2.05) is 66.7 Å². The van der Waals surface area contributed by atoms with E-state index in [9.17, 15) is 8.22 Å². The Hall–Kier alpha value is -6.70. The van der Waals surface area contributed by atoms with Crippen LogP contribution in [0.5, 0.6) is 0 Å². The minimum atomic E-state index is -0.735. The first-order valence-electron chi connectivity index (χ1n) is 23.9. The van der Waals surface area contributed by atoms with Crippen molar-refractivity contribution in [2.24, 2.45) is 0 Å². The quantitative estimate of drug-likeness (QED) is 0.172. The summed E-state index contributed by atoms with van der Waals surface area (Å²) in [5.41, 5.74) is 2.88. The second-order valence-electron chi connectivity index (χ2n) is 12.5. The predicted molar refractivity (Wildman–Crippen MR) is 218 cm³/mol. The van der Waals surface area contributed by atoms with E-state index < -0.39 is 107 Å². The fraction of sp³-hybridized carbons (Fsp3) is 0. The number of hydrogen-bond donors (Lipinski definition) is 0. The number of furan rings is 1. The van der Waals surface area contributed by atoms with Crippen molar-refractivity contribution >= 4 is 75.8 Å². The van der Waals surface area contributed by atoms with E-state index in [4.69, 9.17) is 16.8 Å². The van der Waals surface area contributed by atoms with Crippen molar-refractivity contribution in [1.29, 1.82) is 0 Å². The molecule has 0 fully saturated rings. The topological polar surface area (TPSA) is 13.1 Å². The number of fused-ring (bicyclic) bond motifs is 9. The predicted octanol–water partition coefficient (Wildman–Crippen LogP) is 14.4. The monoisotopic (exact) mass is 661 g/mol. The zero-order valence-corrected chi connectivity index (χ0v) is 26.6. The van der Waals surface area contributed by atoms with Gasteiger partial charge in [0.2, 0.25) is 0 Å². The summed E-state index contributed by atoms with van der Waals surface area (Å²) in [6.45, 7) is 0. The molecule has 0 unspecified atom stereocenters. The van der Waals surface area contributed by atoms with Crippen LogP contribution in [0.1, 0.15) is 20.6 Å². The molecule has 11 rings (SSSR count). The lowest BCUT2D eigenvalue weighted by Crippen LogP contribution is -1.91. The summed E-state index contributed by atoms with van der Waals surface area (Å²) < 4.78 is 141. The van der Waals surface area contributed by atoms with Gasteiger partial charge in [0.25, 0.3) is 0 Å². The molecule has 0 N–H and O–H groups in total. The van der Waals surface area contributed by atoms with Crippen LogP contribution in [0, 0.1) is 0 Å². The molecule has 0 aliphatic heterocycles. The minimum absolute atomic E-state index is 0.0439. The van der Waals surface area contributed by atoms with Crippen LogP contribution in [-0.2, 0) is 0 Å². The van der Waals surface area contributed by atoms with E-state index >= 15 is 0 Å². The van der Waals surface area contributed by atoms with E-state index in [1.165, 1.54) is 0 Å². The Morgan fingerprint density at radius 3 is 1.78 bits per heavy atom. The van der Waals surface area contributed by atoms with Gasteiger partial charge in [-0.3, -0.25) is 0 Å². The van der Waals surface area contributed by atoms with E-state index in [1.54, 1.807) is 12.1 Å². The second kappa shape index (κ2) is 10.9. The Labute approximate surface area is 315 Å². The van der Waals surface area contributed by atoms with Crippen molar-refractivity contribution in [2.45, 2.75) is 0 Å². The molecular weight excluding hydrogens is 617 g/mol. The zero-order chi connectivity index (χ0) is 46.5. The number of rotatable bonds is 3. The van der Waals surface area contributed by atoms with Crippen molar-refractivity contribution < 1.29 is 25.0 Å². The average molecular weight is 662 g/mol. The highest BCUT2D eigenvalue weighted by molar-refractivity contribution is 6.22. The first kappa shape index (κ1) is 17.3. The van der Waals surface area contributed by atoms with Crippen LogP contribution in [0.25, 0.3) is 109 Å². The maximum absolute atomic E-state index is 9.46. The SMILES string of the molecule is [2H]c1c([2H])c([2H])c2c([2H])c(-c3c4c([2H])c([2H])c([2H])c([2H])c4c(-c4ccc5cc(-c6cccc7oc8c9ccccc9ccc8c67)ccc5c4)c4c([2H])c([2H])c([2H])c([2H])c34)c([2H])c([2H])c2c1[2H]. The molecule has 51 heavy (non-hydrogen) atoms. The van der Waals surface area contributed by atoms with Gasteiger partial charge in [0.05, 0.1) is 20.6 Å². The molecule has 0 atom stereocenters. The molecule has 0 spiro atoms. The largest absolute Gasteiger partial charge is 0.455 e. The first-order chi connectivity index (χ1) is 31.5. The Morgan fingerprint density at radius 2 is 1.02 bits per heavy atom. The van der Waals surface area contributed by atoms with Crippen molar-refractivity contribution in [1.82, 2.24) is 0 Å². The second-order valence-corrected chi connectivity index (χ2v) is 12.5. The Kier molecular flexibility index (Phi) is 3.70. The Balaban J connectivity index is 1.23. The highest BCUT2D eigenvalue weighted by Gasteiger charge is 2.18. The molecule has 1 heterocycles. The van der Waals surface area contributed by atoms with Gasteiger partial charge in [-0.2, -0.15) is 0 Å². The third kappa shape index (κ3) is 4.28. The van der Waals surface area contributed by atoms with Crippen molar-refractivity contribution in [3.8, 4) is 33.4 Å². The molecule has 0 saturated heterocycles. The van der Waals surface area contributed by atoms with Crippen molar-refractivity contribution in [3.05, 3.63) is 182 Å². The lowest BCUT2D eigenvalue weighted by Gasteiger charge is -2.18. The summed E-state index contributed by atoms with van der Waals surface area (Å²) >= 11 is 0. The van der Waals surface area contributed by atoms with Gasteiger partial charge in [-0.15, -0.1) is 0 Å². The first-order valence-corrected chi connectivity index (χ1v) is 16.4. The van der Waals surface area contributed by atoms with Gasteiger partial charge in [0, 0.05) is 16.2 Å². The summed E-state index contributed by atoms with van der Waals surface area (Å²) in [4.78, 5) is 0. The van der Waals surface area contributed by atoms with Gasteiger partial charge in [-0.1, -0.05) is 151 Å². The molecule has 1 nitrogen and oxygen atoms in total. The minimum Gasteiger partial charge on any atom is -0.455 e. The molecule has 11 aromatic rings. The lowest BCUT2D eigenvalue weighted by atomic mass is 9.85. The molecule has 236 valence electrons. The van der Waals surface area contributed by atoms with Crippen LogP contribution in [0.2, 0.25) is 0 Å². The standard InChI is InChI=1S/C50H30O/c1-2-12-33-29-37(24-20-31(33)10-1)47-41-14-5-7-16-43(41)48(44-17-8-6-15-42(44)47)38-25-22-34-28-36(23-21-35(34)30-38)39-18-9-19-46-49(39)45-27-26-32-11-3-4-13-40(32)50(45)51-46/h1-30H/i1D,2D,5D,6D,7D,8D,10D,12D,14D,15D,16D,17D,20D,24D,29D. The highest BCUT2D eigenvalue weighted by Crippen LogP contribution is 2.45. The van der Waals surface area contributed by atoms with Gasteiger partial charge >= 0.3 is 0 Å². The molecule has 0 bridgehead atoms. The normalized spacial score (nSPS) is 16.0. The van der Waals surface area contributed by atoms with Crippen LogP contribution >= 0.6 is 0 Å². The molecule has 0 saturated carbocycles. The van der Waals surface area contributed by atoms with Gasteiger partial charge < -0.3 is 4.42 Å². The van der Waals surface area contributed by atoms with E-state index in [-0.39, 0.29) is 32.7 Å². The lowest BCUT2D eigenvalue weighted by molar-refractivity contribution is 0.673. The summed E-state index contributed by atoms with van der Waals surface area (Å²) in [6.07, 6.45) is 0. The number of hydrogen-bond acceptors (Lipinski definition) is 1. The van der Waals surface area contributed by atoms with Crippen LogP contribution in [0.15, 0.2) is 186 Å². The summed E-state index contributed by atoms with van der Waals surface area (Å²) in [7, 11) is 0. The maximum Gasteiger partial charge on any atom is 0.143 e. The van der Waals surface area contributed by atoms with Gasteiger partial charge in [-0.05, 0) is 112 Å². The van der Waals surface area contributed by atoms with Crippen LogP contribution in [0.4, 0.5) is 0 Å². The van der Waals surface area contributed by atoms with Gasteiger partial charge in [0.15, 0.2) is 0 Å². The van der Waals surface area contributed by atoms with Gasteiger partial charge in [-0.25, -0.2) is 0 Å². The number of benzene rings is 10. The highest BCUT2D eigenvalue weighted by atomic mass is 16.3. The average Bonchev–Trinajstić information content (AvgIpc) is 3.72. The smallest absolute Gasteiger partial charge is 0.143 e. The van der Waals surface area contributed by atoms with Crippen LogP contribution < -0.4 is 0 Å².